The summed E-state index contributed by atoms with van der Waals surface area (Å²) >= 11 is 1.40. The summed E-state index contributed by atoms with van der Waals surface area (Å²) in [6.45, 7) is 3.37. The third kappa shape index (κ3) is 4.25. The van der Waals surface area contributed by atoms with Gasteiger partial charge in [0.05, 0.1) is 36.0 Å². The predicted octanol–water partition coefficient (Wildman–Crippen LogP) is 4.08. The van der Waals surface area contributed by atoms with Gasteiger partial charge in [0, 0.05) is 6.42 Å². The maximum Gasteiger partial charge on any atom is 0.230 e. The van der Waals surface area contributed by atoms with Crippen molar-refractivity contribution in [3.8, 4) is 11.5 Å². The Labute approximate surface area is 168 Å². The topological polar surface area (TPSA) is 76.2 Å². The summed E-state index contributed by atoms with van der Waals surface area (Å²) in [4.78, 5) is 20.2. The van der Waals surface area contributed by atoms with E-state index in [4.69, 9.17) is 9.47 Å². The lowest BCUT2D eigenvalue weighted by atomic mass is 10.0. The van der Waals surface area contributed by atoms with Gasteiger partial charge in [0.25, 0.3) is 0 Å². The van der Waals surface area contributed by atoms with Crippen LogP contribution in [0.25, 0.3) is 11.0 Å². The van der Waals surface area contributed by atoms with E-state index in [2.05, 4.69) is 22.2 Å². The smallest absolute Gasteiger partial charge is 0.230 e. The number of benzene rings is 2. The van der Waals surface area contributed by atoms with Crippen molar-refractivity contribution in [2.45, 2.75) is 31.0 Å². The average molecular weight is 398 g/mol. The Morgan fingerprint density at radius 3 is 2.86 bits per heavy atom. The number of fused-ring (bicyclic) bond motifs is 2. The largest absolute Gasteiger partial charge is 0.490 e. The third-order valence-electron chi connectivity index (χ3n) is 4.63. The summed E-state index contributed by atoms with van der Waals surface area (Å²) in [7, 11) is 0. The highest BCUT2D eigenvalue weighted by Crippen LogP contribution is 2.33. The van der Waals surface area contributed by atoms with E-state index >= 15 is 0 Å². The highest BCUT2D eigenvalue weighted by molar-refractivity contribution is 7.99. The van der Waals surface area contributed by atoms with Gasteiger partial charge >= 0.3 is 0 Å². The summed E-state index contributed by atoms with van der Waals surface area (Å²) in [5.74, 6) is 1.80. The van der Waals surface area contributed by atoms with Crippen molar-refractivity contribution in [2.24, 2.45) is 0 Å². The summed E-state index contributed by atoms with van der Waals surface area (Å²) < 4.78 is 11.5. The zero-order chi connectivity index (χ0) is 19.3. The number of thioether (sulfide) groups is 1. The molecule has 0 radical (unpaired) electrons. The number of rotatable bonds is 6. The molecule has 0 saturated carbocycles. The molecule has 1 unspecified atom stereocenters. The fourth-order valence-corrected chi connectivity index (χ4v) is 3.88. The van der Waals surface area contributed by atoms with Crippen LogP contribution < -0.4 is 14.8 Å². The maximum atomic E-state index is 12.5. The number of nitrogens with zero attached hydrogens (tertiary/aromatic N) is 1. The molecule has 0 fully saturated rings. The van der Waals surface area contributed by atoms with Crippen molar-refractivity contribution in [1.29, 1.82) is 0 Å². The van der Waals surface area contributed by atoms with Crippen molar-refractivity contribution in [3.05, 3.63) is 48.0 Å². The highest BCUT2D eigenvalue weighted by Gasteiger charge is 2.17. The average Bonchev–Trinajstić information content (AvgIpc) is 2.99. The fraction of sp³-hybridized carbons (Fsp3) is 0.333. The van der Waals surface area contributed by atoms with Gasteiger partial charge in [0.15, 0.2) is 16.7 Å². The minimum Gasteiger partial charge on any atom is -0.490 e. The zero-order valence-electron chi connectivity index (χ0n) is 15.7. The molecule has 3 aromatic rings. The van der Waals surface area contributed by atoms with Crippen molar-refractivity contribution in [1.82, 2.24) is 15.3 Å². The first-order chi connectivity index (χ1) is 13.7. The molecule has 0 spiro atoms. The third-order valence-corrected chi connectivity index (χ3v) is 5.50. The van der Waals surface area contributed by atoms with Crippen LogP contribution in [0.15, 0.2) is 47.6 Å². The molecule has 1 atom stereocenters. The van der Waals surface area contributed by atoms with E-state index in [0.29, 0.717) is 19.0 Å². The number of ether oxygens (including phenoxy) is 2. The Balaban J connectivity index is 1.38. The molecule has 146 valence electrons. The number of carbonyl (C=O) groups is 1. The summed E-state index contributed by atoms with van der Waals surface area (Å²) in [6.07, 6.45) is 1.66. The van der Waals surface area contributed by atoms with Crippen LogP contribution in [0, 0.1) is 0 Å². The molecular weight excluding hydrogens is 374 g/mol. The zero-order valence-corrected chi connectivity index (χ0v) is 16.6. The first-order valence-corrected chi connectivity index (χ1v) is 10.5. The second-order valence-corrected chi connectivity index (χ2v) is 7.60. The monoisotopic (exact) mass is 397 g/mol. The van der Waals surface area contributed by atoms with Crippen molar-refractivity contribution >= 4 is 28.7 Å². The molecule has 1 aliphatic rings. The standard InChI is InChI=1S/C21H23N3O3S/c1-2-15(14-8-9-18-19(12-14)27-11-5-10-26-18)22-20(25)13-28-21-23-16-6-3-4-7-17(16)24-21/h3-4,6-9,12,15H,2,5,10-11,13H2,1H3,(H,22,25)(H,23,24). The molecule has 2 heterocycles. The molecule has 0 aliphatic carbocycles. The minimum atomic E-state index is -0.0686. The number of para-hydroxylation sites is 2. The molecule has 2 aromatic carbocycles. The van der Waals surface area contributed by atoms with Crippen LogP contribution in [0.4, 0.5) is 0 Å². The molecule has 1 amide bonds. The van der Waals surface area contributed by atoms with E-state index in [1.165, 1.54) is 11.8 Å². The van der Waals surface area contributed by atoms with E-state index < -0.39 is 0 Å². The van der Waals surface area contributed by atoms with Crippen LogP contribution in [0.3, 0.4) is 0 Å². The normalized spacial score (nSPS) is 14.5. The lowest BCUT2D eigenvalue weighted by Gasteiger charge is -2.19. The molecule has 0 bridgehead atoms. The van der Waals surface area contributed by atoms with Crippen molar-refractivity contribution in [3.63, 3.8) is 0 Å². The molecule has 7 heteroatoms. The lowest BCUT2D eigenvalue weighted by molar-refractivity contribution is -0.119. The number of H-pyrrole nitrogens is 1. The van der Waals surface area contributed by atoms with Gasteiger partial charge in [-0.1, -0.05) is 36.9 Å². The maximum absolute atomic E-state index is 12.5. The van der Waals surface area contributed by atoms with Gasteiger partial charge in [-0.25, -0.2) is 4.98 Å². The Morgan fingerprint density at radius 2 is 2.04 bits per heavy atom. The first kappa shape index (κ1) is 18.7. The second kappa shape index (κ2) is 8.56. The number of carbonyl (C=O) groups excluding carboxylic acids is 1. The first-order valence-electron chi connectivity index (χ1n) is 9.49. The van der Waals surface area contributed by atoms with Crippen LogP contribution in [-0.2, 0) is 4.79 Å². The molecule has 28 heavy (non-hydrogen) atoms. The van der Waals surface area contributed by atoms with Gasteiger partial charge < -0.3 is 19.8 Å². The summed E-state index contributed by atoms with van der Waals surface area (Å²) in [6, 6.07) is 13.7. The van der Waals surface area contributed by atoms with Gasteiger partial charge in [-0.15, -0.1) is 0 Å². The number of hydrogen-bond acceptors (Lipinski definition) is 5. The van der Waals surface area contributed by atoms with Crippen molar-refractivity contribution in [2.75, 3.05) is 19.0 Å². The van der Waals surface area contributed by atoms with E-state index in [1.54, 1.807) is 0 Å². The van der Waals surface area contributed by atoms with Gasteiger partial charge in [-0.05, 0) is 36.2 Å². The van der Waals surface area contributed by atoms with Gasteiger partial charge in [-0.3, -0.25) is 4.79 Å². The number of nitrogens with one attached hydrogen (secondary N) is 2. The van der Waals surface area contributed by atoms with Crippen LogP contribution in [0.5, 0.6) is 11.5 Å². The van der Waals surface area contributed by atoms with Gasteiger partial charge in [0.2, 0.25) is 5.91 Å². The Morgan fingerprint density at radius 1 is 1.21 bits per heavy atom. The minimum absolute atomic E-state index is 0.0237. The van der Waals surface area contributed by atoms with Gasteiger partial charge in [0.1, 0.15) is 0 Å². The number of imidazole rings is 1. The molecule has 1 aromatic heterocycles. The molecule has 0 saturated heterocycles. The molecule has 2 N–H and O–H groups in total. The quantitative estimate of drug-likeness (QED) is 0.613. The number of aromatic nitrogens is 2. The van der Waals surface area contributed by atoms with Crippen LogP contribution in [-0.4, -0.2) is 34.8 Å². The summed E-state index contributed by atoms with van der Waals surface area (Å²) in [5.41, 5.74) is 2.90. The van der Waals surface area contributed by atoms with E-state index in [-0.39, 0.29) is 11.9 Å². The Hall–Kier alpha value is -2.67. The second-order valence-electron chi connectivity index (χ2n) is 6.63. The molecule has 4 rings (SSSR count). The van der Waals surface area contributed by atoms with Crippen LogP contribution in [0.2, 0.25) is 0 Å². The van der Waals surface area contributed by atoms with Gasteiger partial charge in [-0.2, -0.15) is 0 Å². The fourth-order valence-electron chi connectivity index (χ4n) is 3.19. The highest BCUT2D eigenvalue weighted by atomic mass is 32.2. The van der Waals surface area contributed by atoms with E-state index in [0.717, 1.165) is 46.1 Å². The number of hydrogen-bond donors (Lipinski definition) is 2. The van der Waals surface area contributed by atoms with Crippen LogP contribution in [0.1, 0.15) is 31.4 Å². The molecule has 1 aliphatic heterocycles. The van der Waals surface area contributed by atoms with Crippen LogP contribution >= 0.6 is 11.8 Å². The van der Waals surface area contributed by atoms with E-state index in [1.807, 2.05) is 42.5 Å². The Bertz CT molecular complexity index is 939. The number of aromatic amines is 1. The van der Waals surface area contributed by atoms with Crippen molar-refractivity contribution < 1.29 is 14.3 Å². The Kier molecular flexibility index (Phi) is 5.71. The molecular formula is C21H23N3O3S. The molecule has 6 nitrogen and oxygen atoms in total. The number of amides is 1. The van der Waals surface area contributed by atoms with E-state index in [9.17, 15) is 4.79 Å². The lowest BCUT2D eigenvalue weighted by Crippen LogP contribution is -2.29. The SMILES string of the molecule is CCC(NC(=O)CSc1nc2ccccc2[nH]1)c1ccc2c(c1)OCCCO2. The summed E-state index contributed by atoms with van der Waals surface area (Å²) in [5, 5.41) is 3.86. The predicted molar refractivity (Wildman–Crippen MR) is 110 cm³/mol.